The molecule has 0 aliphatic carbocycles. The fraction of sp³-hybridized carbons (Fsp3) is 0.310. The van der Waals surface area contributed by atoms with E-state index in [0.29, 0.717) is 11.3 Å². The van der Waals surface area contributed by atoms with E-state index in [2.05, 4.69) is 5.32 Å². The van der Waals surface area contributed by atoms with Gasteiger partial charge in [0.25, 0.3) is 0 Å². The Morgan fingerprint density at radius 3 is 2.05 bits per heavy atom. The van der Waals surface area contributed by atoms with E-state index in [0.717, 1.165) is 5.56 Å². The molecule has 3 aromatic carbocycles. The van der Waals surface area contributed by atoms with Crippen LogP contribution >= 0.6 is 0 Å². The Balaban J connectivity index is 1.88. The number of hydrogen-bond acceptors (Lipinski definition) is 6. The minimum Gasteiger partial charge on any atom is -0.493 e. The minimum atomic E-state index is -4.24. The summed E-state index contributed by atoms with van der Waals surface area (Å²) in [6.07, 6.45) is 0.288. The van der Waals surface area contributed by atoms with Crippen LogP contribution in [0.3, 0.4) is 0 Å². The lowest BCUT2D eigenvalue weighted by molar-refractivity contribution is -0.134. The highest BCUT2D eigenvalue weighted by molar-refractivity contribution is 7.87. The maximum atomic E-state index is 13.4. The zero-order valence-electron chi connectivity index (χ0n) is 22.7. The van der Waals surface area contributed by atoms with Crippen LogP contribution in [0, 0.1) is 11.2 Å². The van der Waals surface area contributed by atoms with Gasteiger partial charge in [0.05, 0.1) is 7.11 Å². The number of nitrogens with one attached hydrogen (secondary N) is 1. The molecule has 0 radical (unpaired) electrons. The maximum Gasteiger partial charge on any atom is 0.339 e. The van der Waals surface area contributed by atoms with Gasteiger partial charge in [-0.2, -0.15) is 8.42 Å². The molecule has 39 heavy (non-hydrogen) atoms. The molecule has 3 rings (SSSR count). The summed E-state index contributed by atoms with van der Waals surface area (Å²) in [4.78, 5) is 26.0. The number of rotatable bonds is 10. The molecule has 0 atom stereocenters. The van der Waals surface area contributed by atoms with Crippen molar-refractivity contribution in [3.05, 3.63) is 83.7 Å². The van der Waals surface area contributed by atoms with E-state index in [-0.39, 0.29) is 59.0 Å². The number of carbonyl (C=O) groups is 2. The molecule has 208 valence electrons. The van der Waals surface area contributed by atoms with Crippen molar-refractivity contribution < 1.29 is 31.3 Å². The highest BCUT2D eigenvalue weighted by atomic mass is 32.2. The summed E-state index contributed by atoms with van der Waals surface area (Å²) in [5.41, 5.74) is 1.57. The third kappa shape index (κ3) is 8.81. The molecule has 10 heteroatoms. The molecule has 0 saturated carbocycles. The fourth-order valence-electron chi connectivity index (χ4n) is 3.79. The van der Waals surface area contributed by atoms with Crippen LogP contribution in [-0.4, -0.2) is 32.2 Å². The van der Waals surface area contributed by atoms with Crippen LogP contribution in [0.2, 0.25) is 0 Å². The first-order valence-electron chi connectivity index (χ1n) is 12.3. The average molecular weight is 557 g/mol. The summed E-state index contributed by atoms with van der Waals surface area (Å²) < 4.78 is 50.2. The first-order valence-corrected chi connectivity index (χ1v) is 13.7. The summed E-state index contributed by atoms with van der Waals surface area (Å²) in [6, 6.07) is 16.3. The molecule has 1 N–H and O–H groups in total. The van der Waals surface area contributed by atoms with E-state index in [1.54, 1.807) is 29.2 Å². The number of benzene rings is 3. The zero-order chi connectivity index (χ0) is 28.8. The van der Waals surface area contributed by atoms with Gasteiger partial charge in [0.15, 0.2) is 11.5 Å². The largest absolute Gasteiger partial charge is 0.493 e. The molecule has 0 saturated heterocycles. The third-order valence-corrected chi connectivity index (χ3v) is 6.83. The van der Waals surface area contributed by atoms with Crippen LogP contribution in [0.15, 0.2) is 71.6 Å². The second kappa shape index (κ2) is 12.3. The number of hydrogen-bond donors (Lipinski definition) is 1. The van der Waals surface area contributed by atoms with E-state index in [4.69, 9.17) is 8.92 Å². The Hall–Kier alpha value is -3.92. The Kier molecular flexibility index (Phi) is 9.34. The lowest BCUT2D eigenvalue weighted by Crippen LogP contribution is -2.32. The minimum absolute atomic E-state index is 0.0362. The van der Waals surface area contributed by atoms with Crippen molar-refractivity contribution >= 4 is 27.6 Å². The van der Waals surface area contributed by atoms with Gasteiger partial charge in [-0.25, -0.2) is 4.39 Å². The Morgan fingerprint density at radius 1 is 0.897 bits per heavy atom. The highest BCUT2D eigenvalue weighted by Gasteiger charge is 2.24. The van der Waals surface area contributed by atoms with Gasteiger partial charge in [0.1, 0.15) is 10.7 Å². The van der Waals surface area contributed by atoms with Crippen LogP contribution in [0.1, 0.15) is 45.2 Å². The summed E-state index contributed by atoms with van der Waals surface area (Å²) in [7, 11) is -2.84. The van der Waals surface area contributed by atoms with Gasteiger partial charge in [-0.15, -0.1) is 0 Å². The number of ether oxygens (including phenoxy) is 1. The molecule has 0 aliphatic rings. The first kappa shape index (κ1) is 29.6. The summed E-state index contributed by atoms with van der Waals surface area (Å²) in [6.45, 7) is 7.66. The van der Waals surface area contributed by atoms with Gasteiger partial charge in [-0.3, -0.25) is 9.59 Å². The summed E-state index contributed by atoms with van der Waals surface area (Å²) in [5, 5.41) is 2.57. The van der Waals surface area contributed by atoms with Gasteiger partial charge in [0.2, 0.25) is 11.8 Å². The van der Waals surface area contributed by atoms with Crippen LogP contribution in [0.4, 0.5) is 10.1 Å². The monoisotopic (exact) mass is 556 g/mol. The van der Waals surface area contributed by atoms with Gasteiger partial charge in [0, 0.05) is 32.1 Å². The quantitative estimate of drug-likeness (QED) is 0.330. The van der Waals surface area contributed by atoms with Crippen LogP contribution in [-0.2, 0) is 32.8 Å². The summed E-state index contributed by atoms with van der Waals surface area (Å²) >= 11 is 0. The second-order valence-corrected chi connectivity index (χ2v) is 11.9. The van der Waals surface area contributed by atoms with Crippen molar-refractivity contribution in [2.45, 2.75) is 52.1 Å². The van der Waals surface area contributed by atoms with Gasteiger partial charge in [-0.05, 0) is 65.1 Å². The number of nitrogens with zero attached hydrogens (tertiary/aromatic N) is 1. The van der Waals surface area contributed by atoms with Gasteiger partial charge >= 0.3 is 10.1 Å². The molecule has 2 amide bonds. The van der Waals surface area contributed by atoms with E-state index in [1.165, 1.54) is 56.5 Å². The van der Waals surface area contributed by atoms with Crippen molar-refractivity contribution in [3.8, 4) is 11.5 Å². The number of halogens is 1. The van der Waals surface area contributed by atoms with E-state index in [1.807, 2.05) is 20.8 Å². The Bertz CT molecular complexity index is 1420. The molecule has 0 spiro atoms. The first-order chi connectivity index (χ1) is 18.3. The zero-order valence-corrected chi connectivity index (χ0v) is 23.5. The van der Waals surface area contributed by atoms with Crippen LogP contribution in [0.5, 0.6) is 11.5 Å². The molecule has 0 fully saturated rings. The number of methoxy groups -OCH3 is 1. The second-order valence-electron chi connectivity index (χ2n) is 10.3. The number of amides is 2. The molecule has 0 aliphatic heterocycles. The average Bonchev–Trinajstić information content (AvgIpc) is 2.84. The predicted molar refractivity (Wildman–Crippen MR) is 146 cm³/mol. The van der Waals surface area contributed by atoms with Crippen molar-refractivity contribution in [2.75, 3.05) is 12.4 Å². The van der Waals surface area contributed by atoms with E-state index >= 15 is 0 Å². The maximum absolute atomic E-state index is 13.4. The number of anilines is 1. The molecule has 0 unspecified atom stereocenters. The van der Waals surface area contributed by atoms with Crippen LogP contribution < -0.4 is 14.2 Å². The standard InChI is InChI=1S/C29H33FN2O6S/c1-20(33)31-24-11-13-25(14-12-24)39(35,36)38-27-16-22(8-15-26(27)37-5)19-32(28(34)17-29(2,3)4)18-21-6-9-23(30)10-7-21/h6-16H,17-19H2,1-5H3,(H,31,33). The molecule has 0 bridgehead atoms. The van der Waals surface area contributed by atoms with Gasteiger partial charge < -0.3 is 19.1 Å². The molecule has 0 aromatic heterocycles. The van der Waals surface area contributed by atoms with Crippen molar-refractivity contribution in [2.24, 2.45) is 5.41 Å². The van der Waals surface area contributed by atoms with Crippen molar-refractivity contribution in [1.29, 1.82) is 0 Å². The third-order valence-electron chi connectivity index (χ3n) is 5.59. The topological polar surface area (TPSA) is 102 Å². The normalized spacial score (nSPS) is 11.5. The van der Waals surface area contributed by atoms with E-state index < -0.39 is 10.1 Å². The Labute approximate surface area is 228 Å². The molecule has 3 aromatic rings. The highest BCUT2D eigenvalue weighted by Crippen LogP contribution is 2.32. The Morgan fingerprint density at radius 2 is 1.49 bits per heavy atom. The molecule has 0 heterocycles. The van der Waals surface area contributed by atoms with Gasteiger partial charge in [-0.1, -0.05) is 39.0 Å². The fourth-order valence-corrected chi connectivity index (χ4v) is 4.72. The van der Waals surface area contributed by atoms with Crippen molar-refractivity contribution in [1.82, 2.24) is 4.90 Å². The lowest BCUT2D eigenvalue weighted by Gasteiger charge is -2.27. The molecule has 8 nitrogen and oxygen atoms in total. The van der Waals surface area contributed by atoms with E-state index in [9.17, 15) is 22.4 Å². The van der Waals surface area contributed by atoms with Crippen LogP contribution in [0.25, 0.3) is 0 Å². The van der Waals surface area contributed by atoms with Crippen molar-refractivity contribution in [3.63, 3.8) is 0 Å². The molecular formula is C29H33FN2O6S. The predicted octanol–water partition coefficient (Wildman–Crippen LogP) is 5.53. The smallest absolute Gasteiger partial charge is 0.339 e. The lowest BCUT2D eigenvalue weighted by atomic mass is 9.91. The summed E-state index contributed by atoms with van der Waals surface area (Å²) in [5.74, 6) is -0.585. The molecular weight excluding hydrogens is 523 g/mol. The SMILES string of the molecule is COc1ccc(CN(Cc2ccc(F)cc2)C(=O)CC(C)(C)C)cc1OS(=O)(=O)c1ccc(NC(C)=O)cc1. The number of carbonyl (C=O) groups excluding carboxylic acids is 2.